The van der Waals surface area contributed by atoms with E-state index in [4.69, 9.17) is 9.94 Å². The van der Waals surface area contributed by atoms with E-state index < -0.39 is 17.6 Å². The van der Waals surface area contributed by atoms with Crippen molar-refractivity contribution in [2.24, 2.45) is 0 Å². The molecule has 102 valence electrons. The number of hydrogen-bond acceptors (Lipinski definition) is 4. The monoisotopic (exact) mass is 273 g/mol. The largest absolute Gasteiger partial charge is 0.507 e. The number of para-hydroxylation sites is 1. The molecule has 0 radical (unpaired) electrons. The van der Waals surface area contributed by atoms with Gasteiger partial charge in [0, 0.05) is 0 Å². The third-order valence-electron chi connectivity index (χ3n) is 2.49. The Balaban J connectivity index is 2.08. The zero-order valence-corrected chi connectivity index (χ0v) is 10.2. The molecule has 0 unspecified atom stereocenters. The molecule has 6 nitrogen and oxygen atoms in total. The number of benzene rings is 2. The number of phenolic OH excluding ortho intramolecular Hbond substituents is 1. The minimum Gasteiger partial charge on any atom is -0.507 e. The van der Waals surface area contributed by atoms with E-state index in [2.05, 4.69) is 5.48 Å². The van der Waals surface area contributed by atoms with E-state index in [1.54, 1.807) is 30.3 Å². The summed E-state index contributed by atoms with van der Waals surface area (Å²) >= 11 is 0. The number of phenols is 1. The second-order valence-electron chi connectivity index (χ2n) is 3.88. The first-order chi connectivity index (χ1) is 9.58. The minimum atomic E-state index is -1.19. The number of nitrogens with one attached hydrogen (secondary N) is 1. The van der Waals surface area contributed by atoms with Crippen LogP contribution in [0.25, 0.3) is 0 Å². The molecular weight excluding hydrogens is 262 g/mol. The van der Waals surface area contributed by atoms with Gasteiger partial charge in [0.05, 0.1) is 11.1 Å². The summed E-state index contributed by atoms with van der Waals surface area (Å²) in [5, 5.41) is 18.4. The predicted octanol–water partition coefficient (Wildman–Crippen LogP) is 1.81. The van der Waals surface area contributed by atoms with Crippen molar-refractivity contribution in [2.75, 3.05) is 0 Å². The zero-order chi connectivity index (χ0) is 14.5. The molecular formula is C14H11NO5. The van der Waals surface area contributed by atoms with Crippen molar-refractivity contribution in [1.82, 2.24) is 5.48 Å². The average molecular weight is 273 g/mol. The summed E-state index contributed by atoms with van der Waals surface area (Å²) in [7, 11) is 0. The van der Waals surface area contributed by atoms with Gasteiger partial charge in [0.2, 0.25) is 0 Å². The van der Waals surface area contributed by atoms with Crippen LogP contribution < -0.4 is 10.3 Å². The molecule has 2 aromatic rings. The van der Waals surface area contributed by atoms with Crippen LogP contribution in [0.3, 0.4) is 0 Å². The van der Waals surface area contributed by atoms with E-state index in [1.807, 2.05) is 0 Å². The lowest BCUT2D eigenvalue weighted by molar-refractivity contribution is 0.0693. The van der Waals surface area contributed by atoms with Crippen molar-refractivity contribution < 1.29 is 24.6 Å². The van der Waals surface area contributed by atoms with Crippen LogP contribution in [0.5, 0.6) is 11.5 Å². The Labute approximate surface area is 114 Å². The summed E-state index contributed by atoms with van der Waals surface area (Å²) in [6, 6.07) is 12.0. The van der Waals surface area contributed by atoms with Gasteiger partial charge in [0.1, 0.15) is 5.75 Å². The van der Waals surface area contributed by atoms with Crippen molar-refractivity contribution >= 4 is 11.9 Å². The van der Waals surface area contributed by atoms with Crippen LogP contribution in [0.1, 0.15) is 20.7 Å². The smallest absolute Gasteiger partial charge is 0.335 e. The summed E-state index contributed by atoms with van der Waals surface area (Å²) in [4.78, 5) is 27.5. The van der Waals surface area contributed by atoms with Crippen LogP contribution in [0.15, 0.2) is 48.5 Å². The molecule has 0 saturated carbocycles. The fourth-order valence-electron chi connectivity index (χ4n) is 1.51. The highest BCUT2D eigenvalue weighted by Gasteiger charge is 2.14. The van der Waals surface area contributed by atoms with Gasteiger partial charge in [-0.05, 0) is 30.3 Å². The Morgan fingerprint density at radius 3 is 2.35 bits per heavy atom. The lowest BCUT2D eigenvalue weighted by Crippen LogP contribution is -2.27. The Morgan fingerprint density at radius 2 is 1.75 bits per heavy atom. The number of carboxylic acid groups (broad SMARTS) is 1. The molecule has 20 heavy (non-hydrogen) atoms. The maximum atomic E-state index is 11.8. The zero-order valence-electron chi connectivity index (χ0n) is 10.2. The van der Waals surface area contributed by atoms with Crippen molar-refractivity contribution in [1.29, 1.82) is 0 Å². The van der Waals surface area contributed by atoms with Crippen molar-refractivity contribution in [3.05, 3.63) is 59.7 Å². The Hall–Kier alpha value is -3.02. The summed E-state index contributed by atoms with van der Waals surface area (Å²) in [5.41, 5.74) is 1.97. The van der Waals surface area contributed by atoms with E-state index in [-0.39, 0.29) is 11.1 Å². The average Bonchev–Trinajstić information content (AvgIpc) is 2.45. The molecule has 0 fully saturated rings. The number of carbonyl (C=O) groups is 2. The molecule has 0 aromatic heterocycles. The van der Waals surface area contributed by atoms with Crippen molar-refractivity contribution in [3.8, 4) is 11.5 Å². The molecule has 0 saturated heterocycles. The van der Waals surface area contributed by atoms with E-state index in [1.165, 1.54) is 12.1 Å². The molecule has 2 aromatic carbocycles. The fourth-order valence-corrected chi connectivity index (χ4v) is 1.51. The standard InChI is InChI=1S/C14H11NO5/c16-12-8-9(14(18)19)6-7-11(12)13(17)15-20-10-4-2-1-3-5-10/h1-8,16H,(H,15,17)(H,18,19). The lowest BCUT2D eigenvalue weighted by atomic mass is 10.1. The number of carboxylic acids is 1. The molecule has 0 bridgehead atoms. The van der Waals surface area contributed by atoms with Crippen molar-refractivity contribution in [3.63, 3.8) is 0 Å². The van der Waals surface area contributed by atoms with Gasteiger partial charge >= 0.3 is 5.97 Å². The summed E-state index contributed by atoms with van der Waals surface area (Å²) in [6.45, 7) is 0. The van der Waals surface area contributed by atoms with Gasteiger partial charge in [-0.3, -0.25) is 4.79 Å². The second kappa shape index (κ2) is 5.75. The maximum Gasteiger partial charge on any atom is 0.335 e. The Morgan fingerprint density at radius 1 is 1.05 bits per heavy atom. The number of hydroxylamine groups is 1. The molecule has 0 heterocycles. The Kier molecular flexibility index (Phi) is 3.85. The molecule has 0 spiro atoms. The number of aromatic hydroxyl groups is 1. The first-order valence-electron chi connectivity index (χ1n) is 5.66. The minimum absolute atomic E-state index is 0.0778. The molecule has 6 heteroatoms. The van der Waals surface area contributed by atoms with Gasteiger partial charge in [0.15, 0.2) is 5.75 Å². The van der Waals surface area contributed by atoms with Gasteiger partial charge in [-0.1, -0.05) is 18.2 Å². The van der Waals surface area contributed by atoms with E-state index in [0.717, 1.165) is 6.07 Å². The molecule has 0 aliphatic carbocycles. The summed E-state index contributed by atoms with van der Waals surface area (Å²) < 4.78 is 0. The van der Waals surface area contributed by atoms with Crippen LogP contribution in [-0.4, -0.2) is 22.1 Å². The predicted molar refractivity (Wildman–Crippen MR) is 69.6 cm³/mol. The third kappa shape index (κ3) is 3.05. The number of amides is 1. The van der Waals surface area contributed by atoms with Crippen LogP contribution in [0, 0.1) is 0 Å². The summed E-state index contributed by atoms with van der Waals surface area (Å²) in [6.07, 6.45) is 0. The van der Waals surface area contributed by atoms with Crippen LogP contribution in [0.2, 0.25) is 0 Å². The number of rotatable bonds is 4. The highest BCUT2D eigenvalue weighted by Crippen LogP contribution is 2.19. The van der Waals surface area contributed by atoms with Gasteiger partial charge in [-0.15, -0.1) is 0 Å². The molecule has 0 aliphatic rings. The van der Waals surface area contributed by atoms with Crippen LogP contribution in [0.4, 0.5) is 0 Å². The van der Waals surface area contributed by atoms with Gasteiger partial charge in [-0.2, -0.15) is 5.48 Å². The fraction of sp³-hybridized carbons (Fsp3) is 0. The molecule has 1 amide bonds. The van der Waals surface area contributed by atoms with E-state index >= 15 is 0 Å². The summed E-state index contributed by atoms with van der Waals surface area (Å²) in [5.74, 6) is -1.86. The maximum absolute atomic E-state index is 11.8. The van der Waals surface area contributed by atoms with E-state index in [0.29, 0.717) is 5.75 Å². The molecule has 0 aliphatic heterocycles. The number of carbonyl (C=O) groups excluding carboxylic acids is 1. The van der Waals surface area contributed by atoms with Crippen LogP contribution in [-0.2, 0) is 0 Å². The van der Waals surface area contributed by atoms with Gasteiger partial charge in [0.25, 0.3) is 5.91 Å². The highest BCUT2D eigenvalue weighted by molar-refractivity contribution is 5.98. The first-order valence-corrected chi connectivity index (χ1v) is 5.66. The topological polar surface area (TPSA) is 95.9 Å². The van der Waals surface area contributed by atoms with Crippen molar-refractivity contribution in [2.45, 2.75) is 0 Å². The molecule has 0 atom stereocenters. The SMILES string of the molecule is O=C(O)c1ccc(C(=O)NOc2ccccc2)c(O)c1. The quantitative estimate of drug-likeness (QED) is 0.738. The van der Waals surface area contributed by atoms with E-state index in [9.17, 15) is 14.7 Å². The normalized spacial score (nSPS) is 9.80. The van der Waals surface area contributed by atoms with Gasteiger partial charge in [-0.25, -0.2) is 4.79 Å². The van der Waals surface area contributed by atoms with Crippen LogP contribution >= 0.6 is 0 Å². The van der Waals surface area contributed by atoms with Gasteiger partial charge < -0.3 is 15.1 Å². The number of aromatic carboxylic acids is 1. The lowest BCUT2D eigenvalue weighted by Gasteiger charge is -2.08. The third-order valence-corrected chi connectivity index (χ3v) is 2.49. The highest BCUT2D eigenvalue weighted by atomic mass is 16.7. The first kappa shape index (κ1) is 13.4. The second-order valence-corrected chi connectivity index (χ2v) is 3.88. The number of hydrogen-bond donors (Lipinski definition) is 3. The molecule has 2 rings (SSSR count). The molecule has 3 N–H and O–H groups in total. The Bertz CT molecular complexity index is 639.